The van der Waals surface area contributed by atoms with Crippen LogP contribution in [0, 0.1) is 0 Å². The number of likely N-dealkylation sites (tertiary alicyclic amines) is 1. The van der Waals surface area contributed by atoms with E-state index in [0.717, 1.165) is 36.9 Å². The molecule has 1 aliphatic carbocycles. The van der Waals surface area contributed by atoms with Gasteiger partial charge in [-0.3, -0.25) is 4.79 Å². The van der Waals surface area contributed by atoms with Gasteiger partial charge in [-0.1, -0.05) is 12.8 Å². The molecule has 130 valence electrons. The highest BCUT2D eigenvalue weighted by Crippen LogP contribution is 2.34. The molecule has 24 heavy (non-hydrogen) atoms. The Hall–Kier alpha value is -1.69. The van der Waals surface area contributed by atoms with Crippen molar-refractivity contribution in [3.05, 3.63) is 24.3 Å². The summed E-state index contributed by atoms with van der Waals surface area (Å²) in [5.41, 5.74) is 0.747. The summed E-state index contributed by atoms with van der Waals surface area (Å²) in [5, 5.41) is 6.15. The minimum atomic E-state index is -0.334. The highest BCUT2D eigenvalue weighted by molar-refractivity contribution is 8.00. The maximum atomic E-state index is 11.9. The van der Waals surface area contributed by atoms with Crippen LogP contribution < -0.4 is 10.6 Å². The number of thioether (sulfide) groups is 1. The molecule has 0 aromatic heterocycles. The van der Waals surface area contributed by atoms with Crippen LogP contribution in [0.15, 0.2) is 29.2 Å². The number of anilines is 1. The van der Waals surface area contributed by atoms with Crippen molar-refractivity contribution in [2.75, 3.05) is 25.0 Å². The maximum Gasteiger partial charge on any atom is 0.319 e. The lowest BCUT2D eigenvalue weighted by Gasteiger charge is -2.15. The number of urea groups is 1. The first-order valence-corrected chi connectivity index (χ1v) is 9.68. The number of carbonyl (C=O) groups excluding carboxylic acids is 2. The lowest BCUT2D eigenvalue weighted by Crippen LogP contribution is -2.40. The van der Waals surface area contributed by atoms with E-state index in [-0.39, 0.29) is 18.5 Å². The minimum Gasteiger partial charge on any atom is -0.341 e. The van der Waals surface area contributed by atoms with Crippen molar-refractivity contribution in [3.63, 3.8) is 0 Å². The molecule has 1 saturated heterocycles. The molecule has 0 bridgehead atoms. The Morgan fingerprint density at radius 3 is 2.38 bits per heavy atom. The third-order valence-corrected chi connectivity index (χ3v) is 5.93. The van der Waals surface area contributed by atoms with Crippen LogP contribution in [0.1, 0.15) is 38.5 Å². The van der Waals surface area contributed by atoms with Crippen LogP contribution in [0.4, 0.5) is 10.5 Å². The van der Waals surface area contributed by atoms with Gasteiger partial charge in [0.1, 0.15) is 0 Å². The van der Waals surface area contributed by atoms with Crippen molar-refractivity contribution in [2.24, 2.45) is 0 Å². The molecule has 0 unspecified atom stereocenters. The van der Waals surface area contributed by atoms with Gasteiger partial charge in [0.15, 0.2) is 0 Å². The van der Waals surface area contributed by atoms with E-state index in [0.29, 0.717) is 0 Å². The zero-order valence-corrected chi connectivity index (χ0v) is 14.7. The van der Waals surface area contributed by atoms with E-state index in [4.69, 9.17) is 0 Å². The Kier molecular flexibility index (Phi) is 6.01. The molecule has 1 aromatic carbocycles. The summed E-state index contributed by atoms with van der Waals surface area (Å²) in [6.45, 7) is 1.67. The van der Waals surface area contributed by atoms with E-state index < -0.39 is 0 Å². The second-order valence-corrected chi connectivity index (χ2v) is 7.82. The van der Waals surface area contributed by atoms with Gasteiger partial charge in [-0.2, -0.15) is 0 Å². The monoisotopic (exact) mass is 347 g/mol. The van der Waals surface area contributed by atoms with E-state index in [1.165, 1.54) is 30.6 Å². The summed E-state index contributed by atoms with van der Waals surface area (Å²) in [6, 6.07) is 7.60. The summed E-state index contributed by atoms with van der Waals surface area (Å²) in [6.07, 6.45) is 7.41. The van der Waals surface area contributed by atoms with Gasteiger partial charge < -0.3 is 15.5 Å². The van der Waals surface area contributed by atoms with Gasteiger partial charge >= 0.3 is 6.03 Å². The van der Waals surface area contributed by atoms with Gasteiger partial charge in [0.25, 0.3) is 0 Å². The molecule has 2 aliphatic rings. The lowest BCUT2D eigenvalue weighted by molar-refractivity contribution is -0.128. The van der Waals surface area contributed by atoms with E-state index in [9.17, 15) is 9.59 Å². The Bertz CT molecular complexity index is 564. The van der Waals surface area contributed by atoms with Crippen molar-refractivity contribution >= 4 is 29.4 Å². The second kappa shape index (κ2) is 8.42. The Balaban J connectivity index is 1.41. The van der Waals surface area contributed by atoms with Crippen molar-refractivity contribution < 1.29 is 9.59 Å². The number of benzene rings is 1. The highest BCUT2D eigenvalue weighted by atomic mass is 32.2. The van der Waals surface area contributed by atoms with Gasteiger partial charge in [-0.15, -0.1) is 11.8 Å². The first-order valence-electron chi connectivity index (χ1n) is 8.80. The molecular weight excluding hydrogens is 322 g/mol. The van der Waals surface area contributed by atoms with Crippen molar-refractivity contribution in [1.29, 1.82) is 0 Å². The maximum absolute atomic E-state index is 11.9. The summed E-state index contributed by atoms with van der Waals surface area (Å²) in [7, 11) is 0. The Morgan fingerprint density at radius 1 is 1.04 bits per heavy atom. The van der Waals surface area contributed by atoms with Crippen molar-refractivity contribution in [3.8, 4) is 0 Å². The Morgan fingerprint density at radius 2 is 1.71 bits per heavy atom. The fourth-order valence-electron chi connectivity index (χ4n) is 3.23. The SMILES string of the molecule is O=C(NCC(=O)N1CCCC1)Nc1ccc(SC2CCCC2)cc1. The summed E-state index contributed by atoms with van der Waals surface area (Å²) in [5.74, 6) is -0.00837. The summed E-state index contributed by atoms with van der Waals surface area (Å²) in [4.78, 5) is 26.8. The molecular formula is C18H25N3O2S. The normalized spacial score (nSPS) is 17.9. The molecule has 2 N–H and O–H groups in total. The van der Waals surface area contributed by atoms with Crippen LogP contribution in [0.5, 0.6) is 0 Å². The minimum absolute atomic E-state index is 0.00837. The summed E-state index contributed by atoms with van der Waals surface area (Å²) >= 11 is 1.93. The van der Waals surface area contributed by atoms with Crippen LogP contribution in [-0.4, -0.2) is 41.7 Å². The van der Waals surface area contributed by atoms with Gasteiger partial charge in [-0.25, -0.2) is 4.79 Å². The van der Waals surface area contributed by atoms with E-state index in [1.54, 1.807) is 4.90 Å². The molecule has 6 heteroatoms. The molecule has 0 atom stereocenters. The van der Waals surface area contributed by atoms with Crippen molar-refractivity contribution in [2.45, 2.75) is 48.7 Å². The molecule has 0 spiro atoms. The van der Waals surface area contributed by atoms with Gasteiger partial charge in [0.05, 0.1) is 6.54 Å². The van der Waals surface area contributed by atoms with E-state index >= 15 is 0 Å². The smallest absolute Gasteiger partial charge is 0.319 e. The van der Waals surface area contributed by atoms with Gasteiger partial charge in [-0.05, 0) is 49.9 Å². The Labute approximate surface area is 147 Å². The molecule has 1 saturated carbocycles. The zero-order chi connectivity index (χ0) is 16.8. The topological polar surface area (TPSA) is 61.4 Å². The zero-order valence-electron chi connectivity index (χ0n) is 13.9. The predicted molar refractivity (Wildman–Crippen MR) is 97.4 cm³/mol. The lowest BCUT2D eigenvalue weighted by atomic mass is 10.3. The molecule has 3 amide bonds. The average Bonchev–Trinajstić information content (AvgIpc) is 3.28. The molecule has 1 aliphatic heterocycles. The fraction of sp³-hybridized carbons (Fsp3) is 0.556. The van der Waals surface area contributed by atoms with Crippen molar-refractivity contribution in [1.82, 2.24) is 10.2 Å². The third kappa shape index (κ3) is 4.90. The number of nitrogens with zero attached hydrogens (tertiary/aromatic N) is 1. The number of nitrogens with one attached hydrogen (secondary N) is 2. The molecule has 3 rings (SSSR count). The second-order valence-electron chi connectivity index (χ2n) is 6.44. The number of rotatable bonds is 5. The first kappa shape index (κ1) is 17.1. The molecule has 2 fully saturated rings. The molecule has 1 aromatic rings. The standard InChI is InChI=1S/C18H25N3O2S/c22-17(21-11-3-4-12-21)13-19-18(23)20-14-7-9-16(10-8-14)24-15-5-1-2-6-15/h7-10,15H,1-6,11-13H2,(H2,19,20,23). The molecule has 0 radical (unpaired) electrons. The van der Waals surface area contributed by atoms with E-state index in [1.807, 2.05) is 36.0 Å². The number of hydrogen-bond acceptors (Lipinski definition) is 3. The van der Waals surface area contributed by atoms with E-state index in [2.05, 4.69) is 10.6 Å². The van der Waals surface area contributed by atoms with Crippen LogP contribution in [0.25, 0.3) is 0 Å². The molecule has 5 nitrogen and oxygen atoms in total. The quantitative estimate of drug-likeness (QED) is 0.857. The first-order chi connectivity index (χ1) is 11.7. The van der Waals surface area contributed by atoms with Crippen LogP contribution in [0.3, 0.4) is 0 Å². The number of hydrogen-bond donors (Lipinski definition) is 2. The number of amides is 3. The molecule has 1 heterocycles. The van der Waals surface area contributed by atoms with Crippen LogP contribution in [-0.2, 0) is 4.79 Å². The number of carbonyl (C=O) groups is 2. The van der Waals surface area contributed by atoms with Gasteiger partial charge in [0, 0.05) is 28.9 Å². The average molecular weight is 347 g/mol. The van der Waals surface area contributed by atoms with Crippen LogP contribution >= 0.6 is 11.8 Å². The van der Waals surface area contributed by atoms with Crippen LogP contribution in [0.2, 0.25) is 0 Å². The third-order valence-electron chi connectivity index (χ3n) is 4.58. The largest absolute Gasteiger partial charge is 0.341 e. The predicted octanol–water partition coefficient (Wildman–Crippen LogP) is 3.47. The fourth-order valence-corrected chi connectivity index (χ4v) is 4.47. The summed E-state index contributed by atoms with van der Waals surface area (Å²) < 4.78 is 0. The highest BCUT2D eigenvalue weighted by Gasteiger charge is 2.18. The van der Waals surface area contributed by atoms with Gasteiger partial charge in [0.2, 0.25) is 5.91 Å².